The first kappa shape index (κ1) is 22.1. The number of esters is 1. The van der Waals surface area contributed by atoms with E-state index in [4.69, 9.17) is 13.9 Å². The predicted molar refractivity (Wildman–Crippen MR) is 116 cm³/mol. The molecule has 1 atom stereocenters. The number of carbonyl (C=O) groups is 2. The highest BCUT2D eigenvalue weighted by Gasteiger charge is 2.20. The number of amides is 1. The molecule has 0 bridgehead atoms. The molecule has 0 spiro atoms. The van der Waals surface area contributed by atoms with Crippen LogP contribution in [0.2, 0.25) is 0 Å². The molecule has 2 aromatic carbocycles. The molecule has 1 aromatic heterocycles. The average molecular weight is 423 g/mol. The molecule has 0 radical (unpaired) electrons. The molecule has 0 aliphatic rings. The van der Waals surface area contributed by atoms with Gasteiger partial charge in [0.25, 0.3) is 5.91 Å². The maximum absolute atomic E-state index is 12.5. The predicted octanol–water partition coefficient (Wildman–Crippen LogP) is 3.68. The second-order valence-corrected chi connectivity index (χ2v) is 7.52. The molecule has 31 heavy (non-hydrogen) atoms. The molecule has 1 unspecified atom stereocenters. The lowest BCUT2D eigenvalue weighted by Gasteiger charge is -2.20. The largest absolute Gasteiger partial charge is 0.484 e. The van der Waals surface area contributed by atoms with Crippen LogP contribution in [0, 0.1) is 6.92 Å². The van der Waals surface area contributed by atoms with Crippen molar-refractivity contribution < 1.29 is 23.5 Å². The van der Waals surface area contributed by atoms with Crippen LogP contribution in [0.4, 0.5) is 0 Å². The number of rotatable bonds is 8. The first-order valence-corrected chi connectivity index (χ1v) is 10.0. The highest BCUT2D eigenvalue weighted by atomic mass is 16.5. The summed E-state index contributed by atoms with van der Waals surface area (Å²) in [5.41, 5.74) is 1.79. The zero-order valence-corrected chi connectivity index (χ0v) is 17.7. The zero-order chi connectivity index (χ0) is 22.4. The molecule has 0 fully saturated rings. The Kier molecular flexibility index (Phi) is 7.07. The van der Waals surface area contributed by atoms with Crippen LogP contribution in [0.5, 0.6) is 5.75 Å². The van der Waals surface area contributed by atoms with Crippen molar-refractivity contribution in [3.05, 3.63) is 76.1 Å². The van der Waals surface area contributed by atoms with Crippen LogP contribution in [0.15, 0.2) is 63.8 Å². The van der Waals surface area contributed by atoms with E-state index in [1.807, 2.05) is 31.2 Å². The van der Waals surface area contributed by atoms with Gasteiger partial charge in [-0.3, -0.25) is 9.59 Å². The van der Waals surface area contributed by atoms with Crippen molar-refractivity contribution in [2.75, 3.05) is 6.61 Å². The number of hydrogen-bond acceptors (Lipinski definition) is 6. The minimum absolute atomic E-state index is 0.00805. The number of fused-ring (bicyclic) bond motifs is 1. The maximum Gasteiger partial charge on any atom is 0.336 e. The molecule has 3 aromatic rings. The molecule has 1 heterocycles. The Balaban J connectivity index is 1.67. The summed E-state index contributed by atoms with van der Waals surface area (Å²) in [6.45, 7) is 5.25. The Hall–Kier alpha value is -3.61. The second-order valence-electron chi connectivity index (χ2n) is 7.52. The van der Waals surface area contributed by atoms with Crippen LogP contribution < -0.4 is 15.7 Å². The van der Waals surface area contributed by atoms with Gasteiger partial charge in [-0.15, -0.1) is 0 Å². The molecular weight excluding hydrogens is 398 g/mol. The van der Waals surface area contributed by atoms with E-state index in [1.165, 1.54) is 6.07 Å². The Morgan fingerprint density at radius 2 is 1.74 bits per heavy atom. The zero-order valence-electron chi connectivity index (χ0n) is 17.7. The third-order valence-electron chi connectivity index (χ3n) is 4.52. The monoisotopic (exact) mass is 423 g/mol. The third kappa shape index (κ3) is 6.44. The standard InChI is InChI=1S/C24H25NO6/c1-15(2)30-24(28)13-20(17-6-4-16(3)5-7-17)25-22(26)14-29-19-10-8-18-9-11-23(27)31-21(18)12-19/h4-12,15,20H,13-14H2,1-3H3,(H,25,26). The summed E-state index contributed by atoms with van der Waals surface area (Å²) in [4.78, 5) is 36.1. The van der Waals surface area contributed by atoms with Gasteiger partial charge < -0.3 is 19.2 Å². The van der Waals surface area contributed by atoms with Gasteiger partial charge in [0, 0.05) is 17.5 Å². The topological polar surface area (TPSA) is 94.8 Å². The lowest BCUT2D eigenvalue weighted by atomic mass is 10.0. The average Bonchev–Trinajstić information content (AvgIpc) is 2.71. The Morgan fingerprint density at radius 3 is 2.45 bits per heavy atom. The lowest BCUT2D eigenvalue weighted by molar-refractivity contribution is -0.148. The highest BCUT2D eigenvalue weighted by molar-refractivity contribution is 5.80. The SMILES string of the molecule is Cc1ccc(C(CC(=O)OC(C)C)NC(=O)COc2ccc3ccc(=O)oc3c2)cc1. The van der Waals surface area contributed by atoms with Crippen molar-refractivity contribution in [3.8, 4) is 5.75 Å². The molecule has 0 aliphatic heterocycles. The molecule has 1 N–H and O–H groups in total. The quantitative estimate of drug-likeness (QED) is 0.439. The summed E-state index contributed by atoms with van der Waals surface area (Å²) in [5.74, 6) is -0.396. The van der Waals surface area contributed by atoms with Crippen molar-refractivity contribution in [3.63, 3.8) is 0 Å². The lowest BCUT2D eigenvalue weighted by Crippen LogP contribution is -2.34. The van der Waals surface area contributed by atoms with Crippen molar-refractivity contribution in [1.29, 1.82) is 0 Å². The summed E-state index contributed by atoms with van der Waals surface area (Å²) in [6, 6.07) is 15.0. The van der Waals surface area contributed by atoms with Crippen molar-refractivity contribution in [2.24, 2.45) is 0 Å². The Labute approximate surface area is 180 Å². The molecule has 3 rings (SSSR count). The summed E-state index contributed by atoms with van der Waals surface area (Å²) in [7, 11) is 0. The second kappa shape index (κ2) is 9.93. The Bertz CT molecular complexity index is 1120. The van der Waals surface area contributed by atoms with E-state index >= 15 is 0 Å². The fraction of sp³-hybridized carbons (Fsp3) is 0.292. The first-order valence-electron chi connectivity index (χ1n) is 10.0. The van der Waals surface area contributed by atoms with Crippen LogP contribution in [-0.2, 0) is 14.3 Å². The van der Waals surface area contributed by atoms with E-state index in [9.17, 15) is 14.4 Å². The van der Waals surface area contributed by atoms with Gasteiger partial charge in [-0.05, 0) is 44.5 Å². The summed E-state index contributed by atoms with van der Waals surface area (Å²) >= 11 is 0. The van der Waals surface area contributed by atoms with Crippen LogP contribution in [0.3, 0.4) is 0 Å². The van der Waals surface area contributed by atoms with Crippen LogP contribution in [0.25, 0.3) is 11.0 Å². The van der Waals surface area contributed by atoms with Gasteiger partial charge in [-0.1, -0.05) is 29.8 Å². The molecule has 7 nitrogen and oxygen atoms in total. The van der Waals surface area contributed by atoms with E-state index in [-0.39, 0.29) is 19.1 Å². The summed E-state index contributed by atoms with van der Waals surface area (Å²) in [5, 5.41) is 3.58. The van der Waals surface area contributed by atoms with E-state index in [2.05, 4.69) is 5.32 Å². The number of nitrogens with one attached hydrogen (secondary N) is 1. The number of ether oxygens (including phenoxy) is 2. The van der Waals surface area contributed by atoms with E-state index in [1.54, 1.807) is 38.1 Å². The van der Waals surface area contributed by atoms with Crippen LogP contribution in [-0.4, -0.2) is 24.6 Å². The molecule has 1 amide bonds. The van der Waals surface area contributed by atoms with Crippen molar-refractivity contribution in [2.45, 2.75) is 39.3 Å². The van der Waals surface area contributed by atoms with Gasteiger partial charge in [0.05, 0.1) is 18.6 Å². The first-order chi connectivity index (χ1) is 14.8. The van der Waals surface area contributed by atoms with Crippen molar-refractivity contribution >= 4 is 22.8 Å². The van der Waals surface area contributed by atoms with E-state index in [0.717, 1.165) is 16.5 Å². The summed E-state index contributed by atoms with van der Waals surface area (Å²) < 4.78 is 15.9. The van der Waals surface area contributed by atoms with Crippen molar-refractivity contribution in [1.82, 2.24) is 5.32 Å². The van der Waals surface area contributed by atoms with Crippen LogP contribution >= 0.6 is 0 Å². The summed E-state index contributed by atoms with van der Waals surface area (Å²) in [6.07, 6.45) is -0.230. The van der Waals surface area contributed by atoms with E-state index in [0.29, 0.717) is 11.3 Å². The van der Waals surface area contributed by atoms with Gasteiger partial charge in [0.15, 0.2) is 6.61 Å². The van der Waals surface area contributed by atoms with E-state index < -0.39 is 23.5 Å². The van der Waals surface area contributed by atoms with Gasteiger partial charge in [-0.2, -0.15) is 0 Å². The molecule has 0 saturated carbocycles. The molecular formula is C24H25NO6. The minimum atomic E-state index is -0.544. The molecule has 0 aliphatic carbocycles. The fourth-order valence-electron chi connectivity index (χ4n) is 3.04. The number of benzene rings is 2. The molecule has 162 valence electrons. The number of carbonyl (C=O) groups excluding carboxylic acids is 2. The Morgan fingerprint density at radius 1 is 1.03 bits per heavy atom. The van der Waals surface area contributed by atoms with Gasteiger partial charge in [0.1, 0.15) is 11.3 Å². The maximum atomic E-state index is 12.5. The van der Waals surface area contributed by atoms with Gasteiger partial charge in [-0.25, -0.2) is 4.79 Å². The number of hydrogen-bond donors (Lipinski definition) is 1. The van der Waals surface area contributed by atoms with Gasteiger partial charge >= 0.3 is 11.6 Å². The smallest absolute Gasteiger partial charge is 0.336 e. The third-order valence-corrected chi connectivity index (χ3v) is 4.52. The molecule has 0 saturated heterocycles. The highest BCUT2D eigenvalue weighted by Crippen LogP contribution is 2.21. The molecule has 7 heteroatoms. The fourth-order valence-corrected chi connectivity index (χ4v) is 3.04. The number of aryl methyl sites for hydroxylation is 1. The van der Waals surface area contributed by atoms with Gasteiger partial charge in [0.2, 0.25) is 0 Å². The minimum Gasteiger partial charge on any atom is -0.484 e. The van der Waals surface area contributed by atoms with Crippen LogP contribution in [0.1, 0.15) is 37.4 Å². The normalized spacial score (nSPS) is 11.9.